The van der Waals surface area contributed by atoms with Gasteiger partial charge >= 0.3 is 0 Å². The number of benzene rings is 1. The van der Waals surface area contributed by atoms with E-state index in [1.807, 2.05) is 38.1 Å². The predicted molar refractivity (Wildman–Crippen MR) is 108 cm³/mol. The van der Waals surface area contributed by atoms with Gasteiger partial charge in [0.2, 0.25) is 5.82 Å². The van der Waals surface area contributed by atoms with Crippen LogP contribution in [-0.4, -0.2) is 41.5 Å². The van der Waals surface area contributed by atoms with Gasteiger partial charge in [0, 0.05) is 32.1 Å². The zero-order chi connectivity index (χ0) is 20.1. The summed E-state index contributed by atoms with van der Waals surface area (Å²) in [5, 5.41) is 5.72. The van der Waals surface area contributed by atoms with Crippen molar-refractivity contribution < 1.29 is 14.3 Å². The highest BCUT2D eigenvalue weighted by atomic mass is 16.5. The van der Waals surface area contributed by atoms with Gasteiger partial charge in [0.25, 0.3) is 11.8 Å². The Kier molecular flexibility index (Phi) is 6.06. The van der Waals surface area contributed by atoms with Crippen molar-refractivity contribution in [3.63, 3.8) is 0 Å². The van der Waals surface area contributed by atoms with Crippen LogP contribution in [0.25, 0.3) is 5.52 Å². The molecule has 0 aliphatic rings. The highest BCUT2D eigenvalue weighted by Crippen LogP contribution is 2.19. The lowest BCUT2D eigenvalue weighted by Gasteiger charge is -2.08. The minimum Gasteiger partial charge on any atom is -0.385 e. The van der Waals surface area contributed by atoms with Gasteiger partial charge in [-0.3, -0.25) is 14.0 Å². The first-order chi connectivity index (χ1) is 13.5. The van der Waals surface area contributed by atoms with E-state index >= 15 is 0 Å². The molecule has 0 aliphatic carbocycles. The number of aryl methyl sites for hydroxylation is 2. The minimum absolute atomic E-state index is 0.180. The van der Waals surface area contributed by atoms with E-state index in [1.54, 1.807) is 29.8 Å². The third kappa shape index (κ3) is 4.20. The number of hydrogen-bond donors (Lipinski definition) is 2. The van der Waals surface area contributed by atoms with Crippen LogP contribution in [0.3, 0.4) is 0 Å². The molecule has 7 nitrogen and oxygen atoms in total. The Balaban J connectivity index is 1.88. The van der Waals surface area contributed by atoms with E-state index < -0.39 is 0 Å². The number of methoxy groups -OCH3 is 1. The maximum absolute atomic E-state index is 12.9. The summed E-state index contributed by atoms with van der Waals surface area (Å²) in [6.07, 6.45) is 2.42. The fourth-order valence-electron chi connectivity index (χ4n) is 2.91. The van der Waals surface area contributed by atoms with Crippen molar-refractivity contribution in [2.45, 2.75) is 20.3 Å². The molecule has 2 aromatic heterocycles. The Morgan fingerprint density at radius 1 is 1.14 bits per heavy atom. The van der Waals surface area contributed by atoms with Crippen LogP contribution in [0.15, 0.2) is 42.6 Å². The summed E-state index contributed by atoms with van der Waals surface area (Å²) >= 11 is 0. The van der Waals surface area contributed by atoms with Gasteiger partial charge in [-0.25, -0.2) is 4.98 Å². The van der Waals surface area contributed by atoms with Crippen molar-refractivity contribution in [3.05, 3.63) is 65.2 Å². The number of ether oxygens (including phenoxy) is 1. The van der Waals surface area contributed by atoms with E-state index in [9.17, 15) is 9.59 Å². The SMILES string of the molecule is COCCCNC(=O)c1nc(C(=O)Nc2cc(C)ccc2C)c2ccccn12. The molecule has 146 valence electrons. The number of carbonyl (C=O) groups is 2. The molecule has 0 saturated carbocycles. The van der Waals surface area contributed by atoms with Gasteiger partial charge in [0.15, 0.2) is 5.69 Å². The molecule has 0 atom stereocenters. The lowest BCUT2D eigenvalue weighted by Crippen LogP contribution is -2.27. The molecular weight excluding hydrogens is 356 g/mol. The van der Waals surface area contributed by atoms with Crippen LogP contribution in [-0.2, 0) is 4.74 Å². The van der Waals surface area contributed by atoms with Crippen molar-refractivity contribution in [1.82, 2.24) is 14.7 Å². The number of anilines is 1. The summed E-state index contributed by atoms with van der Waals surface area (Å²) in [5.41, 5.74) is 3.52. The van der Waals surface area contributed by atoms with Crippen molar-refractivity contribution in [3.8, 4) is 0 Å². The quantitative estimate of drug-likeness (QED) is 0.617. The number of pyridine rings is 1. The van der Waals surface area contributed by atoms with Crippen molar-refractivity contribution in [2.75, 3.05) is 25.6 Å². The molecule has 1 aromatic carbocycles. The van der Waals surface area contributed by atoms with Crippen LogP contribution < -0.4 is 10.6 Å². The summed E-state index contributed by atoms with van der Waals surface area (Å²) in [7, 11) is 1.62. The van der Waals surface area contributed by atoms with Crippen molar-refractivity contribution >= 4 is 23.0 Å². The third-order valence-corrected chi connectivity index (χ3v) is 4.42. The Morgan fingerprint density at radius 3 is 2.75 bits per heavy atom. The average molecular weight is 380 g/mol. The third-order valence-electron chi connectivity index (χ3n) is 4.42. The number of imidazole rings is 1. The number of hydrogen-bond acceptors (Lipinski definition) is 4. The van der Waals surface area contributed by atoms with Crippen LogP contribution in [0, 0.1) is 13.8 Å². The van der Waals surface area contributed by atoms with E-state index in [-0.39, 0.29) is 23.3 Å². The molecule has 2 amide bonds. The van der Waals surface area contributed by atoms with E-state index in [0.29, 0.717) is 25.1 Å². The van der Waals surface area contributed by atoms with Crippen LogP contribution in [0.1, 0.15) is 38.7 Å². The Hall–Kier alpha value is -3.19. The second kappa shape index (κ2) is 8.67. The monoisotopic (exact) mass is 380 g/mol. The van der Waals surface area contributed by atoms with Crippen molar-refractivity contribution in [1.29, 1.82) is 0 Å². The Bertz CT molecular complexity index is 1010. The zero-order valence-corrected chi connectivity index (χ0v) is 16.3. The number of nitrogens with zero attached hydrogens (tertiary/aromatic N) is 2. The highest BCUT2D eigenvalue weighted by Gasteiger charge is 2.21. The number of rotatable bonds is 7. The fraction of sp³-hybridized carbons (Fsp3) is 0.286. The lowest BCUT2D eigenvalue weighted by atomic mass is 10.1. The molecule has 0 fully saturated rings. The Labute approximate surface area is 163 Å². The fourth-order valence-corrected chi connectivity index (χ4v) is 2.91. The molecule has 3 rings (SSSR count). The van der Waals surface area contributed by atoms with Gasteiger partial charge in [-0.1, -0.05) is 18.2 Å². The minimum atomic E-state index is -0.351. The second-order valence-corrected chi connectivity index (χ2v) is 6.61. The summed E-state index contributed by atoms with van der Waals surface area (Å²) in [5.74, 6) is -0.502. The predicted octanol–water partition coefficient (Wildman–Crippen LogP) is 2.97. The second-order valence-electron chi connectivity index (χ2n) is 6.61. The average Bonchev–Trinajstić information content (AvgIpc) is 3.08. The Morgan fingerprint density at radius 2 is 1.96 bits per heavy atom. The van der Waals surface area contributed by atoms with E-state index in [2.05, 4.69) is 15.6 Å². The van der Waals surface area contributed by atoms with E-state index in [1.165, 1.54) is 0 Å². The molecule has 0 spiro atoms. The smallest absolute Gasteiger partial charge is 0.287 e. The number of aromatic nitrogens is 2. The van der Waals surface area contributed by atoms with E-state index in [0.717, 1.165) is 16.8 Å². The molecule has 0 radical (unpaired) electrons. The van der Waals surface area contributed by atoms with Crippen LogP contribution >= 0.6 is 0 Å². The number of amides is 2. The number of carbonyl (C=O) groups excluding carboxylic acids is 2. The molecule has 7 heteroatoms. The molecule has 0 bridgehead atoms. The lowest BCUT2D eigenvalue weighted by molar-refractivity contribution is 0.0937. The first-order valence-corrected chi connectivity index (χ1v) is 9.14. The standard InChI is InChI=1S/C21H24N4O3/c1-14-8-9-15(2)16(13-14)23-20(26)18-17-7-4-5-11-25(17)19(24-18)21(27)22-10-6-12-28-3/h4-5,7-9,11,13H,6,10,12H2,1-3H3,(H,22,27)(H,23,26). The number of fused-ring (bicyclic) bond motifs is 1. The summed E-state index contributed by atoms with van der Waals surface area (Å²) in [6, 6.07) is 11.2. The molecule has 28 heavy (non-hydrogen) atoms. The summed E-state index contributed by atoms with van der Waals surface area (Å²) in [6.45, 7) is 4.93. The summed E-state index contributed by atoms with van der Waals surface area (Å²) < 4.78 is 6.61. The van der Waals surface area contributed by atoms with Gasteiger partial charge in [0.1, 0.15) is 0 Å². The van der Waals surface area contributed by atoms with Gasteiger partial charge in [-0.05, 0) is 49.6 Å². The van der Waals surface area contributed by atoms with Crippen LogP contribution in [0.5, 0.6) is 0 Å². The van der Waals surface area contributed by atoms with Gasteiger partial charge in [0.05, 0.1) is 5.52 Å². The molecule has 2 heterocycles. The highest BCUT2D eigenvalue weighted by molar-refractivity contribution is 6.09. The maximum Gasteiger partial charge on any atom is 0.287 e. The van der Waals surface area contributed by atoms with Crippen molar-refractivity contribution in [2.24, 2.45) is 0 Å². The van der Waals surface area contributed by atoms with Crippen LogP contribution in [0.4, 0.5) is 5.69 Å². The topological polar surface area (TPSA) is 84.7 Å². The van der Waals surface area contributed by atoms with Gasteiger partial charge in [-0.2, -0.15) is 0 Å². The first-order valence-electron chi connectivity index (χ1n) is 9.14. The molecule has 3 aromatic rings. The first kappa shape index (κ1) is 19.6. The molecule has 0 saturated heterocycles. The van der Waals surface area contributed by atoms with Gasteiger partial charge < -0.3 is 15.4 Å². The number of nitrogens with one attached hydrogen (secondary N) is 2. The van der Waals surface area contributed by atoms with E-state index in [4.69, 9.17) is 4.74 Å². The maximum atomic E-state index is 12.9. The normalized spacial score (nSPS) is 10.8. The van der Waals surface area contributed by atoms with Gasteiger partial charge in [-0.15, -0.1) is 0 Å². The summed E-state index contributed by atoms with van der Waals surface area (Å²) in [4.78, 5) is 29.8. The zero-order valence-electron chi connectivity index (χ0n) is 16.3. The molecular formula is C21H24N4O3. The largest absolute Gasteiger partial charge is 0.385 e. The molecule has 0 unspecified atom stereocenters. The molecule has 0 aliphatic heterocycles. The van der Waals surface area contributed by atoms with Crippen LogP contribution in [0.2, 0.25) is 0 Å². The molecule has 2 N–H and O–H groups in total.